The van der Waals surface area contributed by atoms with Crippen LogP contribution in [0.1, 0.15) is 24.2 Å². The molecular weight excluding hydrogens is 316 g/mol. The van der Waals surface area contributed by atoms with Gasteiger partial charge in [0.25, 0.3) is 0 Å². The number of fused-ring (bicyclic) bond motifs is 1. The molecule has 2 N–H and O–H groups in total. The van der Waals surface area contributed by atoms with Gasteiger partial charge in [0.05, 0.1) is 17.5 Å². The number of imidazole rings is 1. The summed E-state index contributed by atoms with van der Waals surface area (Å²) < 4.78 is 0. The van der Waals surface area contributed by atoms with Crippen LogP contribution in [0.25, 0.3) is 11.0 Å². The number of amides is 1. The fraction of sp³-hybridized carbons (Fsp3) is 0.579. The number of aliphatic hydroxyl groups is 1. The molecule has 0 radical (unpaired) electrons. The van der Waals surface area contributed by atoms with Gasteiger partial charge in [-0.25, -0.2) is 4.98 Å². The molecule has 1 aromatic heterocycles. The van der Waals surface area contributed by atoms with Gasteiger partial charge in [0.2, 0.25) is 5.91 Å². The summed E-state index contributed by atoms with van der Waals surface area (Å²) in [6.07, 6.45) is 2.36. The standard InChI is InChI=1S/C19H28N4O2/c1-13-20-17-7-5-14(8-18(17)21-13)9-19(25)23-10-15(12-24)4-6-16(11-23)22(2)3/h5,7-8,15-16,24H,4,6,9-12H2,1-3H3,(H,20,21)/t15-,16+/m0/s1. The second-order valence-corrected chi connectivity index (χ2v) is 7.39. The number of likely N-dealkylation sites (N-methyl/N-ethyl adjacent to an activating group) is 1. The number of aryl methyl sites for hydroxylation is 1. The molecule has 136 valence electrons. The minimum atomic E-state index is 0.128. The number of carbonyl (C=O) groups is 1. The Morgan fingerprint density at radius 1 is 1.36 bits per heavy atom. The van der Waals surface area contributed by atoms with Gasteiger partial charge >= 0.3 is 0 Å². The molecule has 0 aliphatic carbocycles. The van der Waals surface area contributed by atoms with Crippen LogP contribution in [0.3, 0.4) is 0 Å². The Hall–Kier alpha value is -1.92. The summed E-state index contributed by atoms with van der Waals surface area (Å²) in [7, 11) is 4.11. The van der Waals surface area contributed by atoms with E-state index in [1.807, 2.05) is 30.0 Å². The lowest BCUT2D eigenvalue weighted by Gasteiger charge is -2.29. The van der Waals surface area contributed by atoms with Gasteiger partial charge in [-0.2, -0.15) is 0 Å². The lowest BCUT2D eigenvalue weighted by molar-refractivity contribution is -0.131. The van der Waals surface area contributed by atoms with Crippen LogP contribution in [-0.4, -0.2) is 70.6 Å². The molecule has 3 rings (SSSR count). The molecule has 6 heteroatoms. The van der Waals surface area contributed by atoms with Crippen molar-refractivity contribution in [2.75, 3.05) is 33.8 Å². The van der Waals surface area contributed by atoms with Crippen molar-refractivity contribution >= 4 is 16.9 Å². The van der Waals surface area contributed by atoms with Crippen molar-refractivity contribution < 1.29 is 9.90 Å². The van der Waals surface area contributed by atoms with E-state index in [0.29, 0.717) is 19.0 Å². The Morgan fingerprint density at radius 2 is 2.16 bits per heavy atom. The lowest BCUT2D eigenvalue weighted by Crippen LogP contribution is -2.43. The zero-order valence-electron chi connectivity index (χ0n) is 15.3. The van der Waals surface area contributed by atoms with Crippen LogP contribution in [0.4, 0.5) is 0 Å². The fourth-order valence-corrected chi connectivity index (χ4v) is 3.61. The highest BCUT2D eigenvalue weighted by Crippen LogP contribution is 2.20. The largest absolute Gasteiger partial charge is 0.396 e. The molecule has 2 aromatic rings. The van der Waals surface area contributed by atoms with E-state index < -0.39 is 0 Å². The molecule has 6 nitrogen and oxygen atoms in total. The first-order chi connectivity index (χ1) is 12.0. The molecule has 25 heavy (non-hydrogen) atoms. The average Bonchev–Trinajstić information content (AvgIpc) is 2.80. The van der Waals surface area contributed by atoms with Crippen LogP contribution in [0.5, 0.6) is 0 Å². The van der Waals surface area contributed by atoms with E-state index in [0.717, 1.165) is 41.8 Å². The lowest BCUT2D eigenvalue weighted by atomic mass is 10.0. The van der Waals surface area contributed by atoms with Gasteiger partial charge in [0.15, 0.2) is 0 Å². The van der Waals surface area contributed by atoms with Crippen molar-refractivity contribution in [3.63, 3.8) is 0 Å². The minimum absolute atomic E-state index is 0.128. The van der Waals surface area contributed by atoms with E-state index in [1.54, 1.807) is 0 Å². The molecule has 1 amide bonds. The summed E-state index contributed by atoms with van der Waals surface area (Å²) in [5.74, 6) is 1.18. The minimum Gasteiger partial charge on any atom is -0.396 e. The molecule has 0 unspecified atom stereocenters. The monoisotopic (exact) mass is 344 g/mol. The highest BCUT2D eigenvalue weighted by molar-refractivity contribution is 5.82. The predicted molar refractivity (Wildman–Crippen MR) is 98.4 cm³/mol. The fourth-order valence-electron chi connectivity index (χ4n) is 3.61. The Labute approximate surface area is 148 Å². The summed E-state index contributed by atoms with van der Waals surface area (Å²) >= 11 is 0. The molecule has 2 heterocycles. The molecule has 0 saturated carbocycles. The van der Waals surface area contributed by atoms with Crippen LogP contribution in [-0.2, 0) is 11.2 Å². The van der Waals surface area contributed by atoms with Crippen LogP contribution < -0.4 is 0 Å². The van der Waals surface area contributed by atoms with E-state index in [-0.39, 0.29) is 18.4 Å². The van der Waals surface area contributed by atoms with Crippen molar-refractivity contribution in [2.45, 2.75) is 32.2 Å². The normalized spacial score (nSPS) is 21.7. The molecule has 2 atom stereocenters. The topological polar surface area (TPSA) is 72.5 Å². The van der Waals surface area contributed by atoms with Crippen molar-refractivity contribution in [2.24, 2.45) is 5.92 Å². The van der Waals surface area contributed by atoms with Gasteiger partial charge in [-0.1, -0.05) is 6.07 Å². The zero-order valence-corrected chi connectivity index (χ0v) is 15.3. The number of benzene rings is 1. The number of hydrogen-bond acceptors (Lipinski definition) is 4. The molecular formula is C19H28N4O2. The summed E-state index contributed by atoms with van der Waals surface area (Å²) in [4.78, 5) is 24.6. The number of hydrogen-bond donors (Lipinski definition) is 2. The molecule has 1 aliphatic rings. The summed E-state index contributed by atoms with van der Waals surface area (Å²) in [6, 6.07) is 6.30. The van der Waals surface area contributed by atoms with Crippen LogP contribution in [0, 0.1) is 12.8 Å². The molecule has 1 aromatic carbocycles. The second kappa shape index (κ2) is 7.54. The van der Waals surface area contributed by atoms with E-state index in [2.05, 4.69) is 29.0 Å². The number of nitrogens with zero attached hydrogens (tertiary/aromatic N) is 3. The van der Waals surface area contributed by atoms with E-state index in [1.165, 1.54) is 0 Å². The summed E-state index contributed by atoms with van der Waals surface area (Å²) in [5, 5.41) is 9.59. The quantitative estimate of drug-likeness (QED) is 0.883. The number of aromatic nitrogens is 2. The van der Waals surface area contributed by atoms with E-state index >= 15 is 0 Å². The Balaban J connectivity index is 1.74. The summed E-state index contributed by atoms with van der Waals surface area (Å²) in [6.45, 7) is 3.45. The smallest absolute Gasteiger partial charge is 0.227 e. The van der Waals surface area contributed by atoms with Gasteiger partial charge in [0, 0.05) is 25.7 Å². The second-order valence-electron chi connectivity index (χ2n) is 7.39. The van der Waals surface area contributed by atoms with Gasteiger partial charge in [0.1, 0.15) is 5.82 Å². The number of rotatable bonds is 4. The Morgan fingerprint density at radius 3 is 2.88 bits per heavy atom. The third-order valence-corrected chi connectivity index (χ3v) is 5.18. The molecule has 0 spiro atoms. The average molecular weight is 344 g/mol. The first-order valence-corrected chi connectivity index (χ1v) is 8.96. The zero-order chi connectivity index (χ0) is 18.0. The SMILES string of the molecule is Cc1nc2ccc(CC(=O)N3C[C@@H](CO)CC[C@@H](N(C)C)C3)cc2[nH]1. The number of aliphatic hydroxyl groups excluding tert-OH is 1. The van der Waals surface area contributed by atoms with Crippen LogP contribution >= 0.6 is 0 Å². The highest BCUT2D eigenvalue weighted by atomic mass is 16.3. The van der Waals surface area contributed by atoms with Gasteiger partial charge in [-0.05, 0) is 57.5 Å². The summed E-state index contributed by atoms with van der Waals surface area (Å²) in [5.41, 5.74) is 2.89. The predicted octanol–water partition coefficient (Wildman–Crippen LogP) is 1.57. The first kappa shape index (κ1) is 17.9. The Bertz CT molecular complexity index is 740. The number of H-pyrrole nitrogens is 1. The number of carbonyl (C=O) groups excluding carboxylic acids is 1. The van der Waals surface area contributed by atoms with Gasteiger partial charge < -0.3 is 19.9 Å². The van der Waals surface area contributed by atoms with Gasteiger partial charge in [-0.15, -0.1) is 0 Å². The number of nitrogens with one attached hydrogen (secondary N) is 1. The van der Waals surface area contributed by atoms with Crippen molar-refractivity contribution in [1.29, 1.82) is 0 Å². The van der Waals surface area contributed by atoms with Crippen molar-refractivity contribution in [3.05, 3.63) is 29.6 Å². The number of likely N-dealkylation sites (tertiary alicyclic amines) is 1. The molecule has 1 aliphatic heterocycles. The van der Waals surface area contributed by atoms with E-state index in [9.17, 15) is 9.90 Å². The van der Waals surface area contributed by atoms with Crippen molar-refractivity contribution in [1.82, 2.24) is 19.8 Å². The van der Waals surface area contributed by atoms with Crippen LogP contribution in [0.2, 0.25) is 0 Å². The van der Waals surface area contributed by atoms with E-state index in [4.69, 9.17) is 0 Å². The maximum Gasteiger partial charge on any atom is 0.227 e. The Kier molecular flexibility index (Phi) is 5.39. The van der Waals surface area contributed by atoms with Crippen LogP contribution in [0.15, 0.2) is 18.2 Å². The number of aromatic amines is 1. The maximum atomic E-state index is 12.9. The highest BCUT2D eigenvalue weighted by Gasteiger charge is 2.27. The van der Waals surface area contributed by atoms with Gasteiger partial charge in [-0.3, -0.25) is 4.79 Å². The third-order valence-electron chi connectivity index (χ3n) is 5.18. The maximum absolute atomic E-state index is 12.9. The molecule has 0 bridgehead atoms. The molecule has 1 saturated heterocycles. The first-order valence-electron chi connectivity index (χ1n) is 8.96. The third kappa shape index (κ3) is 4.19. The van der Waals surface area contributed by atoms with Crippen molar-refractivity contribution in [3.8, 4) is 0 Å². The molecule has 1 fully saturated rings.